The molecule has 4 heteroatoms. The SMILES string of the molecule is CN1CCOC(c2cccc(NC(=O)C(C)(C)C)c2)C1. The standard InChI is InChI=1S/C16H24N2O2/c1-16(2,3)15(19)17-13-7-5-6-12(10-13)14-11-18(4)8-9-20-14/h5-7,10,14H,8-9,11H2,1-4H3,(H,17,19). The molecule has 1 heterocycles. The number of hydrogen-bond acceptors (Lipinski definition) is 3. The zero-order chi connectivity index (χ0) is 14.8. The van der Waals surface area contributed by atoms with E-state index in [2.05, 4.69) is 23.3 Å². The topological polar surface area (TPSA) is 41.6 Å². The average molecular weight is 276 g/mol. The summed E-state index contributed by atoms with van der Waals surface area (Å²) in [6, 6.07) is 7.94. The molecule has 0 spiro atoms. The second-order valence-electron chi connectivity index (χ2n) is 6.45. The summed E-state index contributed by atoms with van der Waals surface area (Å²) in [6.07, 6.45) is 0.0836. The van der Waals surface area contributed by atoms with E-state index in [0.717, 1.165) is 30.9 Å². The maximum Gasteiger partial charge on any atom is 0.229 e. The van der Waals surface area contributed by atoms with E-state index >= 15 is 0 Å². The lowest BCUT2D eigenvalue weighted by atomic mass is 9.95. The van der Waals surface area contributed by atoms with E-state index in [4.69, 9.17) is 4.74 Å². The number of morpholine rings is 1. The summed E-state index contributed by atoms with van der Waals surface area (Å²) in [5.41, 5.74) is 1.56. The molecule has 1 unspecified atom stereocenters. The van der Waals surface area contributed by atoms with E-state index in [1.54, 1.807) is 0 Å². The van der Waals surface area contributed by atoms with Crippen molar-refractivity contribution in [3.05, 3.63) is 29.8 Å². The molecule has 1 atom stereocenters. The van der Waals surface area contributed by atoms with Gasteiger partial charge in [-0.1, -0.05) is 32.9 Å². The zero-order valence-corrected chi connectivity index (χ0v) is 12.8. The van der Waals surface area contributed by atoms with Crippen LogP contribution in [-0.2, 0) is 9.53 Å². The summed E-state index contributed by atoms with van der Waals surface area (Å²) in [4.78, 5) is 14.3. The highest BCUT2D eigenvalue weighted by Crippen LogP contribution is 2.25. The Balaban J connectivity index is 2.10. The number of nitrogens with zero attached hydrogens (tertiary/aromatic N) is 1. The van der Waals surface area contributed by atoms with Crippen LogP contribution in [0.5, 0.6) is 0 Å². The normalized spacial score (nSPS) is 20.7. The number of amides is 1. The van der Waals surface area contributed by atoms with E-state index in [0.29, 0.717) is 0 Å². The number of carbonyl (C=O) groups excluding carboxylic acids is 1. The minimum absolute atomic E-state index is 0.0244. The largest absolute Gasteiger partial charge is 0.371 e. The fraction of sp³-hybridized carbons (Fsp3) is 0.562. The summed E-state index contributed by atoms with van der Waals surface area (Å²) in [5, 5.41) is 2.96. The first kappa shape index (κ1) is 15.0. The second-order valence-corrected chi connectivity index (χ2v) is 6.45. The second kappa shape index (κ2) is 5.94. The van der Waals surface area contributed by atoms with Gasteiger partial charge < -0.3 is 15.0 Å². The summed E-state index contributed by atoms with van der Waals surface area (Å²) in [7, 11) is 2.10. The molecule has 1 amide bonds. The molecule has 0 saturated carbocycles. The van der Waals surface area contributed by atoms with Crippen molar-refractivity contribution in [3.8, 4) is 0 Å². The van der Waals surface area contributed by atoms with Crippen LogP contribution in [0, 0.1) is 5.41 Å². The molecule has 1 N–H and O–H groups in total. The molecule has 2 rings (SSSR count). The van der Waals surface area contributed by atoms with Crippen molar-refractivity contribution in [1.82, 2.24) is 4.90 Å². The predicted molar refractivity (Wildman–Crippen MR) is 80.7 cm³/mol. The molecule has 1 aromatic rings. The lowest BCUT2D eigenvalue weighted by Gasteiger charge is -2.30. The number of hydrogen-bond donors (Lipinski definition) is 1. The van der Waals surface area contributed by atoms with Crippen LogP contribution in [0.2, 0.25) is 0 Å². The Bertz CT molecular complexity index is 480. The van der Waals surface area contributed by atoms with Crippen LogP contribution >= 0.6 is 0 Å². The van der Waals surface area contributed by atoms with Crippen LogP contribution in [0.1, 0.15) is 32.4 Å². The van der Waals surface area contributed by atoms with Gasteiger partial charge in [-0.05, 0) is 24.7 Å². The van der Waals surface area contributed by atoms with Gasteiger partial charge in [0.2, 0.25) is 5.91 Å². The van der Waals surface area contributed by atoms with Crippen LogP contribution in [0.15, 0.2) is 24.3 Å². The van der Waals surface area contributed by atoms with Crippen LogP contribution in [0.4, 0.5) is 5.69 Å². The Labute approximate surface area is 121 Å². The monoisotopic (exact) mass is 276 g/mol. The van der Waals surface area contributed by atoms with Crippen LogP contribution in [0.25, 0.3) is 0 Å². The quantitative estimate of drug-likeness (QED) is 0.903. The van der Waals surface area contributed by atoms with Crippen molar-refractivity contribution >= 4 is 11.6 Å². The van der Waals surface area contributed by atoms with E-state index in [9.17, 15) is 4.79 Å². The number of nitrogens with one attached hydrogen (secondary N) is 1. The van der Waals surface area contributed by atoms with Crippen molar-refractivity contribution in [2.75, 3.05) is 32.1 Å². The predicted octanol–water partition coefficient (Wildman–Crippen LogP) is 2.67. The molecular weight excluding hydrogens is 252 g/mol. The van der Waals surface area contributed by atoms with Gasteiger partial charge in [-0.15, -0.1) is 0 Å². The summed E-state index contributed by atoms with van der Waals surface area (Å²) in [5.74, 6) is 0.0244. The number of ether oxygens (including phenoxy) is 1. The minimum atomic E-state index is -0.391. The van der Waals surface area contributed by atoms with Crippen molar-refractivity contribution in [3.63, 3.8) is 0 Å². The first-order valence-electron chi connectivity index (χ1n) is 7.08. The van der Waals surface area contributed by atoms with Gasteiger partial charge in [0.15, 0.2) is 0 Å². The Hall–Kier alpha value is -1.39. The molecule has 0 radical (unpaired) electrons. The lowest BCUT2D eigenvalue weighted by molar-refractivity contribution is -0.123. The number of anilines is 1. The Kier molecular flexibility index (Phi) is 4.45. The zero-order valence-electron chi connectivity index (χ0n) is 12.8. The molecule has 0 aromatic heterocycles. The third-order valence-corrected chi connectivity index (χ3v) is 3.47. The molecule has 1 aromatic carbocycles. The molecule has 1 aliphatic heterocycles. The maximum absolute atomic E-state index is 12.0. The molecular formula is C16H24N2O2. The first-order valence-corrected chi connectivity index (χ1v) is 7.08. The van der Waals surface area contributed by atoms with Crippen molar-refractivity contribution in [2.24, 2.45) is 5.41 Å². The fourth-order valence-electron chi connectivity index (χ4n) is 2.11. The number of carbonyl (C=O) groups is 1. The van der Waals surface area contributed by atoms with E-state index < -0.39 is 5.41 Å². The highest BCUT2D eigenvalue weighted by molar-refractivity contribution is 5.94. The van der Waals surface area contributed by atoms with Gasteiger partial charge in [-0.3, -0.25) is 4.79 Å². The molecule has 1 aliphatic rings. The third-order valence-electron chi connectivity index (χ3n) is 3.47. The molecule has 1 saturated heterocycles. The summed E-state index contributed by atoms with van der Waals surface area (Å²) >= 11 is 0. The van der Waals surface area contributed by atoms with Crippen molar-refractivity contribution in [1.29, 1.82) is 0 Å². The number of likely N-dealkylation sites (N-methyl/N-ethyl adjacent to an activating group) is 1. The van der Waals surface area contributed by atoms with Gasteiger partial charge in [0.1, 0.15) is 0 Å². The van der Waals surface area contributed by atoms with Gasteiger partial charge in [-0.25, -0.2) is 0 Å². The maximum atomic E-state index is 12.0. The highest BCUT2D eigenvalue weighted by Gasteiger charge is 2.22. The van der Waals surface area contributed by atoms with E-state index in [1.807, 2.05) is 39.0 Å². The molecule has 1 fully saturated rings. The molecule has 110 valence electrons. The van der Waals surface area contributed by atoms with Crippen molar-refractivity contribution < 1.29 is 9.53 Å². The molecule has 20 heavy (non-hydrogen) atoms. The van der Waals surface area contributed by atoms with Crippen molar-refractivity contribution in [2.45, 2.75) is 26.9 Å². The molecule has 0 aliphatic carbocycles. The van der Waals surface area contributed by atoms with Gasteiger partial charge in [0, 0.05) is 24.2 Å². The first-order chi connectivity index (χ1) is 9.36. The third kappa shape index (κ3) is 3.81. The Morgan fingerprint density at radius 2 is 2.15 bits per heavy atom. The van der Waals surface area contributed by atoms with Crippen LogP contribution in [0.3, 0.4) is 0 Å². The number of benzene rings is 1. The average Bonchev–Trinajstić information content (AvgIpc) is 2.38. The van der Waals surface area contributed by atoms with Crippen LogP contribution in [-0.4, -0.2) is 37.6 Å². The molecule has 0 bridgehead atoms. The van der Waals surface area contributed by atoms with Gasteiger partial charge in [-0.2, -0.15) is 0 Å². The van der Waals surface area contributed by atoms with Gasteiger partial charge >= 0.3 is 0 Å². The summed E-state index contributed by atoms with van der Waals surface area (Å²) in [6.45, 7) is 8.33. The highest BCUT2D eigenvalue weighted by atomic mass is 16.5. The fourth-order valence-corrected chi connectivity index (χ4v) is 2.11. The smallest absolute Gasteiger partial charge is 0.229 e. The Morgan fingerprint density at radius 1 is 1.40 bits per heavy atom. The lowest BCUT2D eigenvalue weighted by Crippen LogP contribution is -2.35. The van der Waals surface area contributed by atoms with E-state index in [1.165, 1.54) is 0 Å². The van der Waals surface area contributed by atoms with Crippen LogP contribution < -0.4 is 5.32 Å². The van der Waals surface area contributed by atoms with E-state index in [-0.39, 0.29) is 12.0 Å². The van der Waals surface area contributed by atoms with Gasteiger partial charge in [0.25, 0.3) is 0 Å². The summed E-state index contributed by atoms with van der Waals surface area (Å²) < 4.78 is 5.81. The number of rotatable bonds is 2. The minimum Gasteiger partial charge on any atom is -0.371 e. The van der Waals surface area contributed by atoms with Gasteiger partial charge in [0.05, 0.1) is 12.7 Å². The Morgan fingerprint density at radius 3 is 2.80 bits per heavy atom. The molecule has 4 nitrogen and oxygen atoms in total.